The van der Waals surface area contributed by atoms with Gasteiger partial charge in [0.05, 0.1) is 12.0 Å². The average molecular weight is 399 g/mol. The summed E-state index contributed by atoms with van der Waals surface area (Å²) in [5, 5.41) is 9.01. The molecule has 1 heterocycles. The highest BCUT2D eigenvalue weighted by Gasteiger charge is 2.26. The monoisotopic (exact) mass is 398 g/mol. The third-order valence-corrected chi connectivity index (χ3v) is 6.11. The molecule has 1 atom stereocenters. The Bertz CT molecular complexity index is 386. The third-order valence-electron chi connectivity index (χ3n) is 6.11. The van der Waals surface area contributed by atoms with Gasteiger partial charge in [-0.1, -0.05) is 44.9 Å². The molecule has 5 heteroatoms. The van der Waals surface area contributed by atoms with Crippen LogP contribution in [0.15, 0.2) is 0 Å². The van der Waals surface area contributed by atoms with Crippen molar-refractivity contribution in [1.29, 1.82) is 0 Å². The second kappa shape index (κ2) is 15.2. The van der Waals surface area contributed by atoms with Gasteiger partial charge in [0, 0.05) is 19.8 Å². The van der Waals surface area contributed by atoms with Crippen LogP contribution in [-0.4, -0.2) is 43.3 Å². The van der Waals surface area contributed by atoms with Gasteiger partial charge in [0.1, 0.15) is 0 Å². The lowest BCUT2D eigenvalue weighted by molar-refractivity contribution is -0.162. The number of unbranched alkanes of at least 4 members (excludes halogenated alkanes) is 8. The summed E-state index contributed by atoms with van der Waals surface area (Å²) in [6.07, 6.45) is 18.7. The van der Waals surface area contributed by atoms with Gasteiger partial charge in [0.2, 0.25) is 0 Å². The minimum atomic E-state index is -0.638. The van der Waals surface area contributed by atoms with Gasteiger partial charge in [-0.2, -0.15) is 0 Å². The molecule has 28 heavy (non-hydrogen) atoms. The summed E-state index contributed by atoms with van der Waals surface area (Å²) in [6.45, 7) is 2.56. The summed E-state index contributed by atoms with van der Waals surface area (Å²) in [5.41, 5.74) is 0. The van der Waals surface area contributed by atoms with Crippen LogP contribution in [0.3, 0.4) is 0 Å². The summed E-state index contributed by atoms with van der Waals surface area (Å²) < 4.78 is 17.3. The molecule has 1 aliphatic carbocycles. The zero-order valence-electron chi connectivity index (χ0n) is 17.7. The first-order chi connectivity index (χ1) is 13.8. The molecule has 164 valence electrons. The van der Waals surface area contributed by atoms with Crippen molar-refractivity contribution in [3.63, 3.8) is 0 Å². The molecule has 0 aromatic rings. The first-order valence-corrected chi connectivity index (χ1v) is 11.8. The molecular weight excluding hydrogens is 356 g/mol. The topological polar surface area (TPSA) is 65.0 Å². The average Bonchev–Trinajstić information content (AvgIpc) is 2.72. The highest BCUT2D eigenvalue weighted by molar-refractivity contribution is 5.70. The number of carboxylic acids is 1. The quantitative estimate of drug-likeness (QED) is 0.358. The Morgan fingerprint density at radius 3 is 1.86 bits per heavy atom. The lowest BCUT2D eigenvalue weighted by Crippen LogP contribution is -2.26. The van der Waals surface area contributed by atoms with E-state index in [0.29, 0.717) is 6.10 Å². The Morgan fingerprint density at radius 2 is 1.32 bits per heavy atom. The molecule has 0 amide bonds. The smallest absolute Gasteiger partial charge is 0.306 e. The maximum absolute atomic E-state index is 10.9. The molecule has 0 aromatic carbocycles. The molecule has 2 fully saturated rings. The van der Waals surface area contributed by atoms with E-state index in [9.17, 15) is 4.79 Å². The van der Waals surface area contributed by atoms with Gasteiger partial charge in [-0.15, -0.1) is 0 Å². The highest BCUT2D eigenvalue weighted by Crippen LogP contribution is 2.26. The van der Waals surface area contributed by atoms with E-state index in [-0.39, 0.29) is 12.2 Å². The normalized spacial score (nSPS) is 25.6. The Labute approximate surface area is 171 Å². The van der Waals surface area contributed by atoms with E-state index in [0.717, 1.165) is 64.8 Å². The van der Waals surface area contributed by atoms with E-state index < -0.39 is 5.97 Å². The Kier molecular flexibility index (Phi) is 12.8. The summed E-state index contributed by atoms with van der Waals surface area (Å²) in [6, 6.07) is 0. The van der Waals surface area contributed by atoms with Crippen LogP contribution in [0.5, 0.6) is 0 Å². The maximum atomic E-state index is 10.9. The van der Waals surface area contributed by atoms with Crippen LogP contribution in [0.4, 0.5) is 0 Å². The van der Waals surface area contributed by atoms with Crippen LogP contribution < -0.4 is 0 Å². The van der Waals surface area contributed by atoms with Gasteiger partial charge >= 0.3 is 5.97 Å². The number of carboxylic acid groups (broad SMARTS) is 1. The summed E-state index contributed by atoms with van der Waals surface area (Å²) >= 11 is 0. The van der Waals surface area contributed by atoms with Crippen molar-refractivity contribution in [2.75, 3.05) is 19.8 Å². The van der Waals surface area contributed by atoms with Crippen molar-refractivity contribution >= 4 is 5.97 Å². The molecule has 0 radical (unpaired) electrons. The van der Waals surface area contributed by atoms with Crippen LogP contribution in [0.2, 0.25) is 0 Å². The van der Waals surface area contributed by atoms with Gasteiger partial charge in [0.15, 0.2) is 6.29 Å². The van der Waals surface area contributed by atoms with Crippen LogP contribution >= 0.6 is 0 Å². The Balaban J connectivity index is 1.26. The maximum Gasteiger partial charge on any atom is 0.306 e. The number of hydrogen-bond acceptors (Lipinski definition) is 4. The lowest BCUT2D eigenvalue weighted by Gasteiger charge is -2.26. The summed E-state index contributed by atoms with van der Waals surface area (Å²) in [5.74, 6) is -0.779. The second-order valence-electron chi connectivity index (χ2n) is 8.53. The SMILES string of the molecule is O=C(O)C1CCC(OCCCCCCCCCCCOC2CCCCO2)CC1. The van der Waals surface area contributed by atoms with Crippen LogP contribution in [0.1, 0.15) is 103 Å². The molecule has 1 N–H and O–H groups in total. The fraction of sp³-hybridized carbons (Fsp3) is 0.957. The van der Waals surface area contributed by atoms with E-state index in [1.54, 1.807) is 0 Å². The zero-order valence-corrected chi connectivity index (χ0v) is 17.7. The number of aliphatic carboxylic acids is 1. The number of hydrogen-bond donors (Lipinski definition) is 1. The summed E-state index contributed by atoms with van der Waals surface area (Å²) in [4.78, 5) is 10.9. The lowest BCUT2D eigenvalue weighted by atomic mass is 9.87. The van der Waals surface area contributed by atoms with E-state index in [1.807, 2.05) is 0 Å². The van der Waals surface area contributed by atoms with Crippen LogP contribution in [-0.2, 0) is 19.0 Å². The Hall–Kier alpha value is -0.650. The standard InChI is InChI=1S/C23H42O5/c24-23(25)20-13-15-21(16-14-20)26-17-9-6-4-2-1-3-5-7-10-18-27-22-12-8-11-19-28-22/h20-22H,1-19H2,(H,24,25). The predicted molar refractivity (Wildman–Crippen MR) is 110 cm³/mol. The molecular formula is C23H42O5. The van der Waals surface area contributed by atoms with E-state index >= 15 is 0 Å². The van der Waals surface area contributed by atoms with Crippen molar-refractivity contribution < 1.29 is 24.1 Å². The largest absolute Gasteiger partial charge is 0.481 e. The van der Waals surface area contributed by atoms with Crippen molar-refractivity contribution in [1.82, 2.24) is 0 Å². The van der Waals surface area contributed by atoms with Gasteiger partial charge in [-0.3, -0.25) is 4.79 Å². The van der Waals surface area contributed by atoms with Crippen LogP contribution in [0.25, 0.3) is 0 Å². The molecule has 1 aliphatic heterocycles. The molecule has 1 saturated carbocycles. The van der Waals surface area contributed by atoms with Crippen molar-refractivity contribution in [3.8, 4) is 0 Å². The number of rotatable bonds is 15. The van der Waals surface area contributed by atoms with Crippen LogP contribution in [0, 0.1) is 5.92 Å². The predicted octanol–water partition coefficient (Wildman–Crippen LogP) is 5.70. The zero-order chi connectivity index (χ0) is 19.9. The molecule has 0 bridgehead atoms. The minimum Gasteiger partial charge on any atom is -0.481 e. The van der Waals surface area contributed by atoms with E-state index in [4.69, 9.17) is 19.3 Å². The van der Waals surface area contributed by atoms with E-state index in [2.05, 4.69) is 0 Å². The molecule has 1 unspecified atom stereocenters. The third kappa shape index (κ3) is 10.8. The van der Waals surface area contributed by atoms with E-state index in [1.165, 1.54) is 57.8 Å². The van der Waals surface area contributed by atoms with Gasteiger partial charge in [0.25, 0.3) is 0 Å². The molecule has 0 aromatic heterocycles. The Morgan fingerprint density at radius 1 is 0.750 bits per heavy atom. The second-order valence-corrected chi connectivity index (χ2v) is 8.53. The number of ether oxygens (including phenoxy) is 3. The van der Waals surface area contributed by atoms with Gasteiger partial charge in [-0.05, 0) is 57.8 Å². The molecule has 0 spiro atoms. The molecule has 1 saturated heterocycles. The highest BCUT2D eigenvalue weighted by atomic mass is 16.7. The van der Waals surface area contributed by atoms with Gasteiger partial charge in [-0.25, -0.2) is 0 Å². The number of carbonyl (C=O) groups is 1. The summed E-state index contributed by atoms with van der Waals surface area (Å²) in [7, 11) is 0. The molecule has 2 rings (SSSR count). The minimum absolute atomic E-state index is 0.0671. The first kappa shape index (κ1) is 23.6. The molecule has 5 nitrogen and oxygen atoms in total. The molecule has 2 aliphatic rings. The first-order valence-electron chi connectivity index (χ1n) is 11.8. The van der Waals surface area contributed by atoms with Crippen molar-refractivity contribution in [3.05, 3.63) is 0 Å². The fourth-order valence-corrected chi connectivity index (χ4v) is 4.23. The van der Waals surface area contributed by atoms with Gasteiger partial charge < -0.3 is 19.3 Å². The van der Waals surface area contributed by atoms with Crippen molar-refractivity contribution in [2.45, 2.75) is 115 Å². The fourth-order valence-electron chi connectivity index (χ4n) is 4.23. The van der Waals surface area contributed by atoms with Crippen molar-refractivity contribution in [2.24, 2.45) is 5.92 Å².